The molecule has 0 unspecified atom stereocenters. The first-order valence-corrected chi connectivity index (χ1v) is 11.4. The minimum Gasteiger partial charge on any atom is -0.486 e. The molecular weight excluding hydrogens is 422 g/mol. The highest BCUT2D eigenvalue weighted by Crippen LogP contribution is 2.26. The van der Waals surface area contributed by atoms with Crippen LogP contribution in [0.15, 0.2) is 46.9 Å². The number of esters is 1. The lowest BCUT2D eigenvalue weighted by atomic mass is 9.97. The summed E-state index contributed by atoms with van der Waals surface area (Å²) >= 11 is 0. The Morgan fingerprint density at radius 1 is 1.12 bits per heavy atom. The first kappa shape index (κ1) is 22.8. The number of aromatic nitrogens is 2. The molecule has 3 heterocycles. The van der Waals surface area contributed by atoms with Gasteiger partial charge >= 0.3 is 5.97 Å². The van der Waals surface area contributed by atoms with Gasteiger partial charge in [-0.05, 0) is 37.8 Å². The Bertz CT molecular complexity index is 1110. The number of fused-ring (bicyclic) bond motifs is 1. The molecule has 0 radical (unpaired) electrons. The van der Waals surface area contributed by atoms with E-state index in [0.29, 0.717) is 43.9 Å². The van der Waals surface area contributed by atoms with Gasteiger partial charge in [0.2, 0.25) is 5.91 Å². The lowest BCUT2D eigenvalue weighted by molar-refractivity contribution is -0.130. The monoisotopic (exact) mass is 451 g/mol. The van der Waals surface area contributed by atoms with E-state index in [1.54, 1.807) is 27.8 Å². The van der Waals surface area contributed by atoms with Crippen LogP contribution in [0.2, 0.25) is 0 Å². The second-order valence-electron chi connectivity index (χ2n) is 8.34. The van der Waals surface area contributed by atoms with Crippen LogP contribution in [0.5, 0.6) is 5.75 Å². The van der Waals surface area contributed by atoms with Crippen molar-refractivity contribution < 1.29 is 19.1 Å². The molecule has 0 bridgehead atoms. The number of amides is 1. The van der Waals surface area contributed by atoms with Gasteiger partial charge in [0.1, 0.15) is 17.9 Å². The van der Waals surface area contributed by atoms with Crippen LogP contribution in [-0.4, -0.2) is 46.5 Å². The molecule has 0 atom stereocenters. The van der Waals surface area contributed by atoms with Crippen molar-refractivity contribution in [1.82, 2.24) is 14.5 Å². The molecule has 174 valence electrons. The van der Waals surface area contributed by atoms with E-state index in [2.05, 4.69) is 11.1 Å². The molecule has 2 aromatic rings. The molecule has 0 spiro atoms. The number of hydrogen-bond acceptors (Lipinski definition) is 6. The highest BCUT2D eigenvalue weighted by atomic mass is 16.5. The molecule has 4 rings (SSSR count). The number of nitrogens with zero attached hydrogens (tertiary/aromatic N) is 3. The number of carbonyl (C=O) groups is 2. The molecule has 0 saturated heterocycles. The van der Waals surface area contributed by atoms with E-state index in [4.69, 9.17) is 9.47 Å². The van der Waals surface area contributed by atoms with Gasteiger partial charge in [-0.2, -0.15) is 0 Å². The third kappa shape index (κ3) is 5.32. The SMILES string of the molecule is COC(=O)c1c(OCc2ccccn2)cc(=O)n2c1CCN(C(=O)CC1=CCCCC1)CC2. The summed E-state index contributed by atoms with van der Waals surface area (Å²) in [6.45, 7) is 1.30. The minimum atomic E-state index is -0.568. The zero-order valence-corrected chi connectivity index (χ0v) is 18.9. The van der Waals surface area contributed by atoms with Gasteiger partial charge in [-0.3, -0.25) is 14.6 Å². The Balaban J connectivity index is 1.57. The number of carbonyl (C=O) groups excluding carboxylic acids is 2. The number of rotatable bonds is 6. The van der Waals surface area contributed by atoms with Crippen LogP contribution in [0.1, 0.15) is 53.8 Å². The van der Waals surface area contributed by atoms with Gasteiger partial charge in [-0.15, -0.1) is 0 Å². The fourth-order valence-corrected chi connectivity index (χ4v) is 4.44. The standard InChI is InChI=1S/C25H29N3O5/c1-32-25(31)24-20-10-12-27(22(29)15-18-7-3-2-4-8-18)13-14-28(20)23(30)16-21(24)33-17-19-9-5-6-11-26-19/h5-7,9,11,16H,2-4,8,10,12-15,17H2,1H3. The van der Waals surface area contributed by atoms with Crippen molar-refractivity contribution in [3.05, 3.63) is 69.4 Å². The molecule has 2 aromatic heterocycles. The van der Waals surface area contributed by atoms with Gasteiger partial charge in [0.05, 0.1) is 12.8 Å². The molecule has 2 aliphatic rings. The molecule has 1 aliphatic carbocycles. The minimum absolute atomic E-state index is 0.0650. The summed E-state index contributed by atoms with van der Waals surface area (Å²) in [5, 5.41) is 0. The Morgan fingerprint density at radius 2 is 2.00 bits per heavy atom. The molecule has 0 fully saturated rings. The maximum absolute atomic E-state index is 12.9. The molecule has 8 nitrogen and oxygen atoms in total. The van der Waals surface area contributed by atoms with Crippen molar-refractivity contribution in [1.29, 1.82) is 0 Å². The first-order chi connectivity index (χ1) is 16.1. The number of pyridine rings is 2. The van der Waals surface area contributed by atoms with Crippen LogP contribution in [-0.2, 0) is 29.1 Å². The van der Waals surface area contributed by atoms with Gasteiger partial charge in [0.15, 0.2) is 0 Å². The first-order valence-electron chi connectivity index (χ1n) is 11.4. The van der Waals surface area contributed by atoms with Crippen LogP contribution >= 0.6 is 0 Å². The number of allylic oxidation sites excluding steroid dienone is 1. The maximum atomic E-state index is 12.9. The summed E-state index contributed by atoms with van der Waals surface area (Å²) in [4.78, 5) is 44.5. The van der Waals surface area contributed by atoms with Gasteiger partial charge in [0, 0.05) is 50.4 Å². The van der Waals surface area contributed by atoms with Gasteiger partial charge in [-0.1, -0.05) is 17.7 Å². The third-order valence-electron chi connectivity index (χ3n) is 6.20. The molecular formula is C25H29N3O5. The summed E-state index contributed by atoms with van der Waals surface area (Å²) in [5.74, 6) is -0.326. The van der Waals surface area contributed by atoms with Crippen molar-refractivity contribution in [2.45, 2.75) is 51.7 Å². The molecule has 8 heteroatoms. The van der Waals surface area contributed by atoms with E-state index in [0.717, 1.165) is 19.3 Å². The quantitative estimate of drug-likeness (QED) is 0.496. The van der Waals surface area contributed by atoms with Crippen molar-refractivity contribution in [2.75, 3.05) is 20.2 Å². The molecule has 0 aromatic carbocycles. The Labute approximate surface area is 192 Å². The molecule has 33 heavy (non-hydrogen) atoms. The average molecular weight is 452 g/mol. The normalized spacial score (nSPS) is 15.8. The van der Waals surface area contributed by atoms with Gasteiger partial charge < -0.3 is 18.9 Å². The second-order valence-corrected chi connectivity index (χ2v) is 8.34. The molecule has 1 aliphatic heterocycles. The van der Waals surface area contributed by atoms with E-state index >= 15 is 0 Å². The van der Waals surface area contributed by atoms with Crippen LogP contribution in [0, 0.1) is 0 Å². The fourth-order valence-electron chi connectivity index (χ4n) is 4.44. The fraction of sp³-hybridized carbons (Fsp3) is 0.440. The Hall–Kier alpha value is -3.42. The summed E-state index contributed by atoms with van der Waals surface area (Å²) in [7, 11) is 1.30. The average Bonchev–Trinajstić information content (AvgIpc) is 3.07. The van der Waals surface area contributed by atoms with Gasteiger partial charge in [0.25, 0.3) is 5.56 Å². The predicted molar refractivity (Wildman–Crippen MR) is 122 cm³/mol. The number of hydrogen-bond donors (Lipinski definition) is 0. The largest absolute Gasteiger partial charge is 0.486 e. The Morgan fingerprint density at radius 3 is 2.73 bits per heavy atom. The zero-order chi connectivity index (χ0) is 23.2. The van der Waals surface area contributed by atoms with Crippen molar-refractivity contribution in [2.24, 2.45) is 0 Å². The van der Waals surface area contributed by atoms with E-state index in [1.165, 1.54) is 25.2 Å². The second kappa shape index (κ2) is 10.5. The molecule has 1 amide bonds. The lowest BCUT2D eigenvalue weighted by Gasteiger charge is -2.21. The van der Waals surface area contributed by atoms with Crippen LogP contribution in [0.3, 0.4) is 0 Å². The lowest BCUT2D eigenvalue weighted by Crippen LogP contribution is -2.34. The van der Waals surface area contributed by atoms with Crippen LogP contribution < -0.4 is 10.3 Å². The molecule has 0 N–H and O–H groups in total. The topological polar surface area (TPSA) is 90.7 Å². The summed E-state index contributed by atoms with van der Waals surface area (Å²) in [5.41, 5.74) is 2.38. The zero-order valence-electron chi connectivity index (χ0n) is 18.9. The van der Waals surface area contributed by atoms with E-state index < -0.39 is 5.97 Å². The van der Waals surface area contributed by atoms with Crippen molar-refractivity contribution in [3.63, 3.8) is 0 Å². The van der Waals surface area contributed by atoms with E-state index in [-0.39, 0.29) is 29.4 Å². The Kier molecular flexibility index (Phi) is 7.22. The highest BCUT2D eigenvalue weighted by molar-refractivity contribution is 5.93. The van der Waals surface area contributed by atoms with Crippen molar-refractivity contribution >= 4 is 11.9 Å². The highest BCUT2D eigenvalue weighted by Gasteiger charge is 2.27. The summed E-state index contributed by atoms with van der Waals surface area (Å²) in [6, 6.07) is 6.77. The summed E-state index contributed by atoms with van der Waals surface area (Å²) < 4.78 is 12.4. The van der Waals surface area contributed by atoms with E-state index in [9.17, 15) is 14.4 Å². The van der Waals surface area contributed by atoms with Crippen LogP contribution in [0.25, 0.3) is 0 Å². The van der Waals surface area contributed by atoms with E-state index in [1.807, 2.05) is 6.07 Å². The summed E-state index contributed by atoms with van der Waals surface area (Å²) in [6.07, 6.45) is 8.94. The maximum Gasteiger partial charge on any atom is 0.343 e. The number of methoxy groups -OCH3 is 1. The van der Waals surface area contributed by atoms with Gasteiger partial charge in [-0.25, -0.2) is 4.79 Å². The molecule has 0 saturated carbocycles. The predicted octanol–water partition coefficient (Wildman–Crippen LogP) is 2.88. The van der Waals surface area contributed by atoms with Crippen molar-refractivity contribution in [3.8, 4) is 5.75 Å². The number of ether oxygens (including phenoxy) is 2. The third-order valence-corrected chi connectivity index (χ3v) is 6.20. The van der Waals surface area contributed by atoms with Crippen LogP contribution in [0.4, 0.5) is 0 Å². The smallest absolute Gasteiger partial charge is 0.343 e.